The highest BCUT2D eigenvalue weighted by atomic mass is 19.1. The number of aryl methyl sites for hydroxylation is 1. The summed E-state index contributed by atoms with van der Waals surface area (Å²) in [5.74, 6) is -1.39. The van der Waals surface area contributed by atoms with E-state index in [4.69, 9.17) is 4.42 Å². The maximum atomic E-state index is 14.3. The summed E-state index contributed by atoms with van der Waals surface area (Å²) in [4.78, 5) is 35.3. The molecule has 0 aliphatic heterocycles. The molecule has 0 spiro atoms. The van der Waals surface area contributed by atoms with E-state index in [1.807, 2.05) is 6.92 Å². The molecular weight excluding hydrogens is 307 g/mol. The van der Waals surface area contributed by atoms with Crippen LogP contribution in [0.4, 0.5) is 4.39 Å². The van der Waals surface area contributed by atoms with Crippen molar-refractivity contribution in [3.8, 4) is 5.69 Å². The molecule has 0 unspecified atom stereocenters. The first kappa shape index (κ1) is 14.9. The van der Waals surface area contributed by atoms with Crippen LogP contribution in [0.3, 0.4) is 0 Å². The van der Waals surface area contributed by atoms with Crippen molar-refractivity contribution in [2.24, 2.45) is 7.05 Å². The van der Waals surface area contributed by atoms with E-state index in [9.17, 15) is 18.8 Å². The van der Waals surface area contributed by atoms with Crippen molar-refractivity contribution in [1.82, 2.24) is 18.9 Å². The third kappa shape index (κ3) is 2.30. The number of halogens is 1. The number of aromatic nitrogens is 4. The number of fused-ring (bicyclic) bond motifs is 1. The summed E-state index contributed by atoms with van der Waals surface area (Å²) in [5, 5.41) is 3.67. The first-order valence-electron chi connectivity index (χ1n) is 6.92. The molecule has 0 atom stereocenters. The molecule has 0 saturated heterocycles. The molecule has 0 aliphatic rings. The third-order valence-corrected chi connectivity index (χ3v) is 3.49. The zero-order chi connectivity index (χ0) is 16.7. The summed E-state index contributed by atoms with van der Waals surface area (Å²) >= 11 is 0. The van der Waals surface area contributed by atoms with Crippen molar-refractivity contribution in [3.05, 3.63) is 55.5 Å². The molecule has 3 aromatic rings. The Morgan fingerprint density at radius 3 is 2.70 bits per heavy atom. The van der Waals surface area contributed by atoms with Crippen molar-refractivity contribution in [1.29, 1.82) is 0 Å². The van der Waals surface area contributed by atoms with Crippen molar-refractivity contribution in [3.63, 3.8) is 0 Å². The first-order chi connectivity index (χ1) is 10.9. The first-order valence-corrected chi connectivity index (χ1v) is 6.92. The number of oxazole rings is 1. The van der Waals surface area contributed by atoms with Crippen LogP contribution in [-0.4, -0.2) is 18.9 Å². The molecule has 3 rings (SSSR count). The SMILES string of the molecule is CCCn1c(=O)oc2cc(F)c(-n3ncc(=O)n(C)c3=O)cc21. The zero-order valence-electron chi connectivity index (χ0n) is 12.4. The standard InChI is InChI=1S/C14H13FN4O4/c1-3-4-18-10-6-9(8(15)5-11(10)23-14(18)22)19-13(21)17(2)12(20)7-16-19/h5-7H,3-4H2,1-2H3. The van der Waals surface area contributed by atoms with Crippen molar-refractivity contribution in [2.45, 2.75) is 19.9 Å². The number of hydrogen-bond acceptors (Lipinski definition) is 5. The van der Waals surface area contributed by atoms with Crippen LogP contribution in [0.25, 0.3) is 16.8 Å². The molecule has 0 bridgehead atoms. The van der Waals surface area contributed by atoms with E-state index in [1.54, 1.807) is 0 Å². The molecule has 8 nitrogen and oxygen atoms in total. The normalized spacial score (nSPS) is 11.3. The Balaban J connectivity index is 2.34. The molecule has 0 radical (unpaired) electrons. The molecule has 0 aliphatic carbocycles. The maximum absolute atomic E-state index is 14.3. The number of benzene rings is 1. The van der Waals surface area contributed by atoms with Gasteiger partial charge in [0, 0.05) is 19.7 Å². The van der Waals surface area contributed by atoms with Gasteiger partial charge in [0.05, 0.1) is 5.52 Å². The van der Waals surface area contributed by atoms with E-state index >= 15 is 0 Å². The molecule has 2 aromatic heterocycles. The van der Waals surface area contributed by atoms with E-state index in [2.05, 4.69) is 5.10 Å². The molecule has 9 heteroatoms. The van der Waals surface area contributed by atoms with Gasteiger partial charge in [0.15, 0.2) is 11.4 Å². The van der Waals surface area contributed by atoms with Gasteiger partial charge in [0.25, 0.3) is 5.56 Å². The lowest BCUT2D eigenvalue weighted by molar-refractivity contribution is 0.501. The van der Waals surface area contributed by atoms with E-state index in [-0.39, 0.29) is 11.3 Å². The van der Waals surface area contributed by atoms with Crippen LogP contribution in [0.5, 0.6) is 0 Å². The van der Waals surface area contributed by atoms with Gasteiger partial charge >= 0.3 is 11.4 Å². The van der Waals surface area contributed by atoms with Crippen molar-refractivity contribution < 1.29 is 8.81 Å². The third-order valence-electron chi connectivity index (χ3n) is 3.49. The Bertz CT molecular complexity index is 1070. The summed E-state index contributed by atoms with van der Waals surface area (Å²) < 4.78 is 22.2. The summed E-state index contributed by atoms with van der Waals surface area (Å²) in [6.07, 6.45) is 1.60. The van der Waals surface area contributed by atoms with Crippen LogP contribution < -0.4 is 17.0 Å². The highest BCUT2D eigenvalue weighted by molar-refractivity contribution is 5.76. The molecule has 1 aromatic carbocycles. The average molecular weight is 320 g/mol. The molecule has 0 N–H and O–H groups in total. The zero-order valence-corrected chi connectivity index (χ0v) is 12.4. The summed E-state index contributed by atoms with van der Waals surface area (Å²) in [6.45, 7) is 2.28. The fourth-order valence-electron chi connectivity index (χ4n) is 2.32. The van der Waals surface area contributed by atoms with Gasteiger partial charge in [-0.15, -0.1) is 0 Å². The summed E-state index contributed by atoms with van der Waals surface area (Å²) in [7, 11) is 1.27. The highest BCUT2D eigenvalue weighted by Gasteiger charge is 2.16. The summed E-state index contributed by atoms with van der Waals surface area (Å²) in [5.41, 5.74) is -1.11. The van der Waals surface area contributed by atoms with Gasteiger partial charge in [-0.3, -0.25) is 13.9 Å². The van der Waals surface area contributed by atoms with Crippen LogP contribution in [0.15, 0.2) is 37.1 Å². The Labute approximate surface area is 128 Å². The molecule has 120 valence electrons. The lowest BCUT2D eigenvalue weighted by Gasteiger charge is -2.07. The predicted molar refractivity (Wildman–Crippen MR) is 79.4 cm³/mol. The smallest absolute Gasteiger partial charge is 0.408 e. The van der Waals surface area contributed by atoms with Gasteiger partial charge in [0.1, 0.15) is 11.9 Å². The minimum absolute atomic E-state index is 0.0857. The van der Waals surface area contributed by atoms with E-state index < -0.39 is 22.8 Å². The predicted octanol–water partition coefficient (Wildman–Crippen LogP) is 0.388. The number of hydrogen-bond donors (Lipinski definition) is 0. The fourth-order valence-corrected chi connectivity index (χ4v) is 2.32. The largest absolute Gasteiger partial charge is 0.419 e. The second-order valence-electron chi connectivity index (χ2n) is 5.03. The lowest BCUT2D eigenvalue weighted by atomic mass is 10.2. The Morgan fingerprint density at radius 1 is 1.26 bits per heavy atom. The molecule has 0 saturated carbocycles. The van der Waals surface area contributed by atoms with Crippen LogP contribution in [0.2, 0.25) is 0 Å². The quantitative estimate of drug-likeness (QED) is 0.696. The van der Waals surface area contributed by atoms with Crippen molar-refractivity contribution >= 4 is 11.1 Å². The second kappa shape index (κ2) is 5.34. The van der Waals surface area contributed by atoms with Crippen LogP contribution in [-0.2, 0) is 13.6 Å². The van der Waals surface area contributed by atoms with E-state index in [0.717, 1.165) is 21.5 Å². The molecule has 0 fully saturated rings. The van der Waals surface area contributed by atoms with Gasteiger partial charge in [-0.1, -0.05) is 6.92 Å². The average Bonchev–Trinajstić information content (AvgIpc) is 2.80. The minimum Gasteiger partial charge on any atom is -0.408 e. The Hall–Kier alpha value is -2.97. The minimum atomic E-state index is -0.789. The van der Waals surface area contributed by atoms with Gasteiger partial charge in [0.2, 0.25) is 0 Å². The number of nitrogens with zero attached hydrogens (tertiary/aromatic N) is 4. The lowest BCUT2D eigenvalue weighted by Crippen LogP contribution is -2.38. The van der Waals surface area contributed by atoms with Crippen LogP contribution in [0.1, 0.15) is 13.3 Å². The number of rotatable bonds is 3. The summed E-state index contributed by atoms with van der Waals surface area (Å²) in [6, 6.07) is 2.33. The Kier molecular flexibility index (Phi) is 3.47. The van der Waals surface area contributed by atoms with Gasteiger partial charge in [-0.05, 0) is 12.5 Å². The van der Waals surface area contributed by atoms with E-state index in [0.29, 0.717) is 18.5 Å². The molecule has 23 heavy (non-hydrogen) atoms. The van der Waals surface area contributed by atoms with Crippen LogP contribution in [0, 0.1) is 5.82 Å². The maximum Gasteiger partial charge on any atom is 0.419 e. The topological polar surface area (TPSA) is 92.0 Å². The van der Waals surface area contributed by atoms with Crippen LogP contribution >= 0.6 is 0 Å². The van der Waals surface area contributed by atoms with Crippen molar-refractivity contribution in [2.75, 3.05) is 0 Å². The monoisotopic (exact) mass is 320 g/mol. The van der Waals surface area contributed by atoms with Gasteiger partial charge < -0.3 is 4.42 Å². The molecular formula is C14H13FN4O4. The van der Waals surface area contributed by atoms with Gasteiger partial charge in [-0.2, -0.15) is 9.78 Å². The highest BCUT2D eigenvalue weighted by Crippen LogP contribution is 2.20. The van der Waals surface area contributed by atoms with Gasteiger partial charge in [-0.25, -0.2) is 14.0 Å². The fraction of sp³-hybridized carbons (Fsp3) is 0.286. The molecule has 2 heterocycles. The molecule has 0 amide bonds. The Morgan fingerprint density at radius 2 is 2.00 bits per heavy atom. The second-order valence-corrected chi connectivity index (χ2v) is 5.03. The van der Waals surface area contributed by atoms with E-state index in [1.165, 1.54) is 17.7 Å².